The first kappa shape index (κ1) is 18.1. The molecule has 118 valence electrons. The first-order valence-corrected chi connectivity index (χ1v) is 8.28. The molecule has 1 aromatic rings. The van der Waals surface area contributed by atoms with Gasteiger partial charge in [0.1, 0.15) is 4.90 Å². The number of hydrogen-bond acceptors (Lipinski definition) is 4. The predicted octanol–water partition coefficient (Wildman–Crippen LogP) is 2.31. The van der Waals surface area contributed by atoms with Crippen LogP contribution in [0.2, 0.25) is 5.02 Å². The van der Waals surface area contributed by atoms with Crippen molar-refractivity contribution in [3.05, 3.63) is 28.3 Å². The van der Waals surface area contributed by atoms with Crippen molar-refractivity contribution in [1.82, 2.24) is 5.32 Å². The van der Waals surface area contributed by atoms with Gasteiger partial charge < -0.3 is 10.1 Å². The van der Waals surface area contributed by atoms with E-state index in [1.807, 2.05) is 0 Å². The minimum Gasteiger partial charge on any atom is -0.385 e. The molecule has 1 N–H and O–H groups in total. The number of nitrogens with one attached hydrogen (secondary N) is 1. The van der Waals surface area contributed by atoms with Crippen LogP contribution in [0.4, 0.5) is 8.78 Å². The average Bonchev–Trinajstić information content (AvgIpc) is 2.37. The van der Waals surface area contributed by atoms with Crippen LogP contribution in [0.3, 0.4) is 0 Å². The zero-order chi connectivity index (χ0) is 16.2. The molecule has 1 rings (SSSR count). The highest BCUT2D eigenvalue weighted by Crippen LogP contribution is 2.32. The monoisotopic (exact) mass is 361 g/mol. The number of rotatable bonds is 6. The summed E-state index contributed by atoms with van der Waals surface area (Å²) in [5.41, 5.74) is -0.521. The highest BCUT2D eigenvalue weighted by atomic mass is 35.7. The third-order valence-corrected chi connectivity index (χ3v) is 4.25. The van der Waals surface area contributed by atoms with Gasteiger partial charge >= 0.3 is 0 Å². The molecule has 0 bridgehead atoms. The van der Waals surface area contributed by atoms with Crippen LogP contribution < -0.4 is 5.32 Å². The average molecular weight is 362 g/mol. The van der Waals surface area contributed by atoms with Gasteiger partial charge in [0.15, 0.2) is 11.6 Å². The van der Waals surface area contributed by atoms with E-state index in [9.17, 15) is 22.0 Å². The van der Waals surface area contributed by atoms with Crippen LogP contribution in [0.1, 0.15) is 16.8 Å². The molecular formula is C11H11Cl2F2NO4S. The zero-order valence-corrected chi connectivity index (χ0v) is 13.1. The highest BCUT2D eigenvalue weighted by molar-refractivity contribution is 8.13. The standard InChI is InChI=1S/C11H11Cl2F2NO4S/c1-20-4-2-3-16-11(17)6-5-7(14)9(15)10(8(6)12)21(13,18)19/h5H,2-4H2,1H3,(H,16,17). The molecule has 0 atom stereocenters. The summed E-state index contributed by atoms with van der Waals surface area (Å²) < 4.78 is 54.1. The van der Waals surface area contributed by atoms with Gasteiger partial charge in [-0.15, -0.1) is 0 Å². The summed E-state index contributed by atoms with van der Waals surface area (Å²) in [4.78, 5) is 10.6. The Morgan fingerprint density at radius 2 is 2.05 bits per heavy atom. The van der Waals surface area contributed by atoms with E-state index in [2.05, 4.69) is 5.32 Å². The first-order chi connectivity index (χ1) is 9.70. The smallest absolute Gasteiger partial charge is 0.265 e. The van der Waals surface area contributed by atoms with Gasteiger partial charge in [-0.25, -0.2) is 17.2 Å². The Kier molecular flexibility index (Phi) is 6.33. The van der Waals surface area contributed by atoms with Crippen molar-refractivity contribution in [3.63, 3.8) is 0 Å². The van der Waals surface area contributed by atoms with Crippen molar-refractivity contribution in [2.45, 2.75) is 11.3 Å². The van der Waals surface area contributed by atoms with Gasteiger partial charge in [0.25, 0.3) is 15.0 Å². The Morgan fingerprint density at radius 3 is 2.57 bits per heavy atom. The molecule has 1 aromatic carbocycles. The van der Waals surface area contributed by atoms with Gasteiger partial charge in [-0.1, -0.05) is 11.6 Å². The number of halogens is 4. The lowest BCUT2D eigenvalue weighted by Gasteiger charge is -2.10. The molecule has 0 aliphatic heterocycles. The molecule has 0 spiro atoms. The van der Waals surface area contributed by atoms with E-state index in [4.69, 9.17) is 27.0 Å². The van der Waals surface area contributed by atoms with Crippen LogP contribution in [0, 0.1) is 11.6 Å². The van der Waals surface area contributed by atoms with E-state index >= 15 is 0 Å². The van der Waals surface area contributed by atoms with E-state index in [1.54, 1.807) is 0 Å². The van der Waals surface area contributed by atoms with Crippen LogP contribution in [-0.2, 0) is 13.8 Å². The SMILES string of the molecule is COCCCNC(=O)c1cc(F)c(F)c(S(=O)(=O)Cl)c1Cl. The van der Waals surface area contributed by atoms with Crippen molar-refractivity contribution < 1.29 is 26.7 Å². The second-order valence-corrected chi connectivity index (χ2v) is 6.78. The number of carbonyl (C=O) groups excluding carboxylic acids is 1. The molecule has 0 aliphatic carbocycles. The van der Waals surface area contributed by atoms with Crippen LogP contribution in [0.25, 0.3) is 0 Å². The zero-order valence-electron chi connectivity index (χ0n) is 10.8. The maximum Gasteiger partial charge on any atom is 0.265 e. The normalized spacial score (nSPS) is 11.5. The van der Waals surface area contributed by atoms with Crippen LogP contribution in [0.15, 0.2) is 11.0 Å². The summed E-state index contributed by atoms with van der Waals surface area (Å²) in [7, 11) is 1.83. The minimum absolute atomic E-state index is 0.185. The van der Waals surface area contributed by atoms with Crippen molar-refractivity contribution in [3.8, 4) is 0 Å². The molecule has 0 aliphatic rings. The lowest BCUT2D eigenvalue weighted by molar-refractivity contribution is 0.0948. The van der Waals surface area contributed by atoms with Crippen molar-refractivity contribution >= 4 is 37.2 Å². The maximum atomic E-state index is 13.5. The Balaban J connectivity index is 3.15. The molecule has 1 amide bonds. The summed E-state index contributed by atoms with van der Waals surface area (Å²) >= 11 is 5.65. The third kappa shape index (κ3) is 4.50. The molecule has 0 fully saturated rings. The van der Waals surface area contributed by atoms with Crippen molar-refractivity contribution in [2.75, 3.05) is 20.3 Å². The van der Waals surface area contributed by atoms with Gasteiger partial charge in [0, 0.05) is 30.9 Å². The number of amides is 1. The fourth-order valence-electron chi connectivity index (χ4n) is 1.47. The number of benzene rings is 1. The Hall–Kier alpha value is -0.960. The Morgan fingerprint density at radius 1 is 1.43 bits per heavy atom. The van der Waals surface area contributed by atoms with Gasteiger partial charge in [0.05, 0.1) is 10.6 Å². The summed E-state index contributed by atoms with van der Waals surface area (Å²) in [5.74, 6) is -4.12. The number of carbonyl (C=O) groups is 1. The van der Waals surface area contributed by atoms with Crippen molar-refractivity contribution in [2.24, 2.45) is 0 Å². The van der Waals surface area contributed by atoms with E-state index in [-0.39, 0.29) is 6.54 Å². The molecule has 0 aromatic heterocycles. The fourth-order valence-corrected chi connectivity index (χ4v) is 3.19. The van der Waals surface area contributed by atoms with E-state index in [0.29, 0.717) is 19.1 Å². The number of hydrogen-bond donors (Lipinski definition) is 1. The topological polar surface area (TPSA) is 72.5 Å². The van der Waals surface area contributed by atoms with Crippen LogP contribution in [-0.4, -0.2) is 34.6 Å². The van der Waals surface area contributed by atoms with Gasteiger partial charge in [0.2, 0.25) is 0 Å². The highest BCUT2D eigenvalue weighted by Gasteiger charge is 2.28. The lowest BCUT2D eigenvalue weighted by atomic mass is 10.2. The second kappa shape index (κ2) is 7.35. The van der Waals surface area contributed by atoms with Gasteiger partial charge in [-0.2, -0.15) is 0 Å². The molecule has 0 unspecified atom stereocenters. The van der Waals surface area contributed by atoms with Crippen LogP contribution >= 0.6 is 22.3 Å². The minimum atomic E-state index is -4.65. The maximum absolute atomic E-state index is 13.5. The molecule has 0 saturated heterocycles. The van der Waals surface area contributed by atoms with Crippen molar-refractivity contribution in [1.29, 1.82) is 0 Å². The number of methoxy groups -OCH3 is 1. The molecule has 0 saturated carbocycles. The molecule has 10 heteroatoms. The number of ether oxygens (including phenoxy) is 1. The summed E-state index contributed by atoms with van der Waals surface area (Å²) in [6.45, 7) is 0.568. The molecule has 21 heavy (non-hydrogen) atoms. The largest absolute Gasteiger partial charge is 0.385 e. The molecule has 5 nitrogen and oxygen atoms in total. The quantitative estimate of drug-likeness (QED) is 0.479. The fraction of sp³-hybridized carbons (Fsp3) is 0.364. The molecular weight excluding hydrogens is 351 g/mol. The molecule has 0 radical (unpaired) electrons. The Bertz CT molecular complexity index is 652. The van der Waals surface area contributed by atoms with E-state index < -0.39 is 42.1 Å². The van der Waals surface area contributed by atoms with Gasteiger partial charge in [-0.05, 0) is 12.5 Å². The third-order valence-electron chi connectivity index (χ3n) is 2.42. The summed E-state index contributed by atoms with van der Waals surface area (Å²) in [6, 6.07) is 0.509. The first-order valence-electron chi connectivity index (χ1n) is 5.59. The second-order valence-electron chi connectivity index (χ2n) is 3.90. The van der Waals surface area contributed by atoms with E-state index in [1.165, 1.54) is 7.11 Å². The van der Waals surface area contributed by atoms with Gasteiger partial charge in [-0.3, -0.25) is 4.79 Å². The molecule has 0 heterocycles. The predicted molar refractivity (Wildman–Crippen MR) is 73.2 cm³/mol. The lowest BCUT2D eigenvalue weighted by Crippen LogP contribution is -2.26. The summed E-state index contributed by atoms with van der Waals surface area (Å²) in [5, 5.41) is 1.60. The Labute approximate surface area is 129 Å². The summed E-state index contributed by atoms with van der Waals surface area (Å²) in [6.07, 6.45) is 0.476. The van der Waals surface area contributed by atoms with Crippen LogP contribution in [0.5, 0.6) is 0 Å². The van der Waals surface area contributed by atoms with E-state index in [0.717, 1.165) is 0 Å².